The highest BCUT2D eigenvalue weighted by molar-refractivity contribution is 9.10. The largest absolute Gasteiger partial charge is 0.493 e. The number of nitrogens with zero attached hydrogens (tertiary/aromatic N) is 2. The van der Waals surface area contributed by atoms with Crippen LogP contribution in [0.2, 0.25) is 10.0 Å². The predicted octanol–water partition coefficient (Wildman–Crippen LogP) is 6.93. The smallest absolute Gasteiger partial charge is 0.271 e. The molecule has 0 aromatic heterocycles. The monoisotopic (exact) mass is 675 g/mol. The summed E-state index contributed by atoms with van der Waals surface area (Å²) in [6.07, 6.45) is 1.46. The Morgan fingerprint density at radius 1 is 1.02 bits per heavy atom. The van der Waals surface area contributed by atoms with E-state index >= 15 is 0 Å². The molecule has 0 saturated heterocycles. The van der Waals surface area contributed by atoms with Gasteiger partial charge in [-0.2, -0.15) is 5.10 Å². The lowest BCUT2D eigenvalue weighted by molar-refractivity contribution is 0.0955. The van der Waals surface area contributed by atoms with Crippen molar-refractivity contribution in [2.45, 2.75) is 11.5 Å². The Bertz CT molecular complexity index is 1690. The van der Waals surface area contributed by atoms with E-state index in [-0.39, 0.29) is 11.5 Å². The van der Waals surface area contributed by atoms with Crippen LogP contribution >= 0.6 is 39.1 Å². The van der Waals surface area contributed by atoms with Gasteiger partial charge in [0.1, 0.15) is 6.61 Å². The van der Waals surface area contributed by atoms with Crippen molar-refractivity contribution in [2.75, 3.05) is 18.5 Å². The van der Waals surface area contributed by atoms with Gasteiger partial charge in [-0.3, -0.25) is 9.10 Å². The lowest BCUT2D eigenvalue weighted by Gasteiger charge is -2.19. The Balaban J connectivity index is 1.40. The van der Waals surface area contributed by atoms with Crippen LogP contribution in [0.1, 0.15) is 21.5 Å². The summed E-state index contributed by atoms with van der Waals surface area (Å²) in [5.41, 5.74) is 4.57. The highest BCUT2D eigenvalue weighted by atomic mass is 79.9. The summed E-state index contributed by atoms with van der Waals surface area (Å²) in [5, 5.41) is 5.06. The Hall–Kier alpha value is -3.57. The normalized spacial score (nSPS) is 11.3. The molecule has 0 saturated carbocycles. The van der Waals surface area contributed by atoms with Gasteiger partial charge >= 0.3 is 0 Å². The molecule has 0 radical (unpaired) electrons. The number of nitrogens with one attached hydrogen (secondary N) is 1. The Morgan fingerprint density at radius 3 is 2.39 bits per heavy atom. The van der Waals surface area contributed by atoms with E-state index in [1.165, 1.54) is 44.6 Å². The quantitative estimate of drug-likeness (QED) is 0.145. The van der Waals surface area contributed by atoms with Crippen LogP contribution in [0.4, 0.5) is 5.69 Å². The van der Waals surface area contributed by atoms with Crippen molar-refractivity contribution < 1.29 is 22.7 Å². The molecule has 0 heterocycles. The summed E-state index contributed by atoms with van der Waals surface area (Å²) in [7, 11) is -0.760. The maximum Gasteiger partial charge on any atom is 0.271 e. The minimum absolute atomic E-state index is 0.174. The van der Waals surface area contributed by atoms with Crippen molar-refractivity contribution in [3.8, 4) is 11.5 Å². The van der Waals surface area contributed by atoms with E-state index in [4.69, 9.17) is 32.7 Å². The van der Waals surface area contributed by atoms with Crippen molar-refractivity contribution >= 4 is 67.0 Å². The van der Waals surface area contributed by atoms with Crippen LogP contribution in [0.5, 0.6) is 11.5 Å². The zero-order valence-corrected chi connectivity index (χ0v) is 25.8. The average Bonchev–Trinajstić information content (AvgIpc) is 2.97. The molecule has 212 valence electrons. The first-order valence-corrected chi connectivity index (χ1v) is 15.0. The van der Waals surface area contributed by atoms with Gasteiger partial charge in [-0.1, -0.05) is 47.5 Å². The molecule has 0 fully saturated rings. The Morgan fingerprint density at radius 2 is 1.73 bits per heavy atom. The summed E-state index contributed by atoms with van der Waals surface area (Å²) in [5.74, 6) is 0.452. The third-order valence-electron chi connectivity index (χ3n) is 5.91. The van der Waals surface area contributed by atoms with Gasteiger partial charge in [-0.25, -0.2) is 13.8 Å². The summed E-state index contributed by atoms with van der Waals surface area (Å²) < 4.78 is 38.9. The number of anilines is 1. The van der Waals surface area contributed by atoms with E-state index in [0.717, 1.165) is 9.87 Å². The number of ether oxygens (including phenoxy) is 2. The van der Waals surface area contributed by atoms with Crippen LogP contribution in [0.25, 0.3) is 0 Å². The van der Waals surface area contributed by atoms with Crippen molar-refractivity contribution in [3.05, 3.63) is 116 Å². The van der Waals surface area contributed by atoms with Crippen LogP contribution in [0.3, 0.4) is 0 Å². The van der Waals surface area contributed by atoms with Crippen molar-refractivity contribution in [1.82, 2.24) is 5.43 Å². The maximum atomic E-state index is 12.8. The van der Waals surface area contributed by atoms with Gasteiger partial charge in [0.2, 0.25) is 0 Å². The first-order valence-electron chi connectivity index (χ1n) is 12.0. The number of methoxy groups -OCH3 is 1. The van der Waals surface area contributed by atoms with Gasteiger partial charge in [0.25, 0.3) is 15.9 Å². The number of sulfonamides is 1. The summed E-state index contributed by atoms with van der Waals surface area (Å²) in [6.45, 7) is 0.196. The van der Waals surface area contributed by atoms with Crippen LogP contribution in [0.15, 0.2) is 99.4 Å². The third-order valence-corrected chi connectivity index (χ3v) is 8.89. The van der Waals surface area contributed by atoms with Crippen molar-refractivity contribution in [1.29, 1.82) is 0 Å². The van der Waals surface area contributed by atoms with E-state index in [0.29, 0.717) is 42.8 Å². The first kappa shape index (κ1) is 30.4. The van der Waals surface area contributed by atoms with E-state index in [9.17, 15) is 13.2 Å². The van der Waals surface area contributed by atoms with Gasteiger partial charge in [0.05, 0.1) is 28.4 Å². The number of rotatable bonds is 10. The first-order chi connectivity index (χ1) is 19.6. The number of benzene rings is 4. The predicted molar refractivity (Wildman–Crippen MR) is 165 cm³/mol. The van der Waals surface area contributed by atoms with Gasteiger partial charge in [-0.15, -0.1) is 0 Å². The summed E-state index contributed by atoms with van der Waals surface area (Å²) in [4.78, 5) is 12.8. The molecule has 8 nitrogen and oxygen atoms in total. The molecule has 1 N–H and O–H groups in total. The molecule has 4 aromatic rings. The minimum Gasteiger partial charge on any atom is -0.493 e. The fourth-order valence-electron chi connectivity index (χ4n) is 3.69. The highest BCUT2D eigenvalue weighted by Crippen LogP contribution is 2.37. The Kier molecular flexibility index (Phi) is 9.93. The fourth-order valence-corrected chi connectivity index (χ4v) is 5.94. The average molecular weight is 677 g/mol. The lowest BCUT2D eigenvalue weighted by atomic mass is 10.2. The lowest BCUT2D eigenvalue weighted by Crippen LogP contribution is -2.26. The minimum atomic E-state index is -3.73. The molecule has 1 amide bonds. The van der Waals surface area contributed by atoms with Crippen molar-refractivity contribution in [3.63, 3.8) is 0 Å². The van der Waals surface area contributed by atoms with E-state index < -0.39 is 15.9 Å². The van der Waals surface area contributed by atoms with Gasteiger partial charge in [0.15, 0.2) is 11.5 Å². The second-order valence-electron chi connectivity index (χ2n) is 8.59. The number of carbonyl (C=O) groups is 1. The molecule has 0 aliphatic carbocycles. The molecular weight excluding hydrogens is 653 g/mol. The fraction of sp³-hybridized carbons (Fsp3) is 0.103. The van der Waals surface area contributed by atoms with E-state index in [1.54, 1.807) is 60.7 Å². The number of amides is 1. The second kappa shape index (κ2) is 13.4. The van der Waals surface area contributed by atoms with Crippen LogP contribution < -0.4 is 19.2 Å². The zero-order chi connectivity index (χ0) is 29.6. The molecule has 41 heavy (non-hydrogen) atoms. The van der Waals surface area contributed by atoms with Crippen LogP contribution in [0, 0.1) is 0 Å². The summed E-state index contributed by atoms with van der Waals surface area (Å²) in [6, 6.07) is 22.9. The van der Waals surface area contributed by atoms with Crippen LogP contribution in [-0.2, 0) is 16.6 Å². The SMILES string of the molecule is COc1cc(/C=N\NC(=O)c2ccc(N(C)S(=O)(=O)c3ccccc3)cc2)cc(Br)c1OCc1ccc(Cl)cc1Cl. The molecule has 12 heteroatoms. The number of carbonyl (C=O) groups excluding carboxylic acids is 1. The number of halogens is 3. The summed E-state index contributed by atoms with van der Waals surface area (Å²) >= 11 is 15.7. The van der Waals surface area contributed by atoms with Gasteiger partial charge in [0, 0.05) is 28.2 Å². The van der Waals surface area contributed by atoms with Gasteiger partial charge in [-0.05, 0) is 82.2 Å². The van der Waals surface area contributed by atoms with E-state index in [1.807, 2.05) is 0 Å². The van der Waals surface area contributed by atoms with E-state index in [2.05, 4.69) is 26.5 Å². The second-order valence-corrected chi connectivity index (χ2v) is 12.3. The molecule has 0 unspecified atom stereocenters. The topological polar surface area (TPSA) is 97.3 Å². The molecule has 4 rings (SSSR count). The maximum absolute atomic E-state index is 12.8. The molecule has 0 aliphatic heterocycles. The number of hydrazone groups is 1. The number of hydrogen-bond donors (Lipinski definition) is 1. The highest BCUT2D eigenvalue weighted by Gasteiger charge is 2.21. The molecule has 0 atom stereocenters. The molecule has 0 bridgehead atoms. The Labute approximate surface area is 256 Å². The standard InChI is InChI=1S/C29H24BrCl2N3O5S/c1-35(41(37,38)24-6-4-3-5-7-24)23-12-9-20(10-13-23)29(36)34-33-17-19-14-25(30)28(27(15-19)39-2)40-18-21-8-11-22(31)16-26(21)32/h3-17H,18H2,1-2H3,(H,34,36)/b33-17-. The van der Waals surface area contributed by atoms with Crippen molar-refractivity contribution in [2.24, 2.45) is 5.10 Å². The number of hydrogen-bond acceptors (Lipinski definition) is 6. The molecule has 0 aliphatic rings. The van der Waals surface area contributed by atoms with Crippen LogP contribution in [-0.4, -0.2) is 34.7 Å². The molecular formula is C29H24BrCl2N3O5S. The molecule has 0 spiro atoms. The zero-order valence-electron chi connectivity index (χ0n) is 21.8. The van der Waals surface area contributed by atoms with Gasteiger partial charge < -0.3 is 9.47 Å². The molecule has 4 aromatic carbocycles. The third kappa shape index (κ3) is 7.39.